The van der Waals surface area contributed by atoms with E-state index in [1.807, 2.05) is 29.1 Å². The summed E-state index contributed by atoms with van der Waals surface area (Å²) in [5, 5.41) is 5.47. The Morgan fingerprint density at radius 1 is 0.935 bits per heavy atom. The minimum Gasteiger partial charge on any atom is -0.301 e. The van der Waals surface area contributed by atoms with Gasteiger partial charge >= 0.3 is 0 Å². The summed E-state index contributed by atoms with van der Waals surface area (Å²) in [6, 6.07) is 12.1. The second-order valence-corrected chi connectivity index (χ2v) is 7.91. The van der Waals surface area contributed by atoms with Crippen LogP contribution >= 0.6 is 0 Å². The predicted molar refractivity (Wildman–Crippen MR) is 116 cm³/mol. The van der Waals surface area contributed by atoms with Crippen LogP contribution in [0.15, 0.2) is 65.7 Å². The Balaban J connectivity index is 1.42. The number of halogens is 2. The number of aromatic nitrogens is 3. The fraction of sp³-hybridized carbons (Fsp3) is 0.250. The van der Waals surface area contributed by atoms with Gasteiger partial charge in [-0.2, -0.15) is 5.10 Å². The maximum Gasteiger partial charge on any atom is 0.255 e. The van der Waals surface area contributed by atoms with Gasteiger partial charge in [-0.25, -0.2) is 8.78 Å². The van der Waals surface area contributed by atoms with Crippen molar-refractivity contribution >= 4 is 10.9 Å². The van der Waals surface area contributed by atoms with Crippen LogP contribution in [-0.2, 0) is 6.54 Å². The molecule has 4 aromatic rings. The number of hydrogen-bond donors (Lipinski definition) is 0. The minimum absolute atomic E-state index is 0.195. The van der Waals surface area contributed by atoms with Crippen molar-refractivity contribution in [2.75, 3.05) is 19.6 Å². The third kappa shape index (κ3) is 3.88. The zero-order valence-electron chi connectivity index (χ0n) is 17.0. The van der Waals surface area contributed by atoms with E-state index < -0.39 is 11.6 Å². The molecule has 5 nitrogen and oxygen atoms in total. The zero-order chi connectivity index (χ0) is 21.4. The molecule has 7 heteroatoms. The molecule has 2 aromatic heterocycles. The Morgan fingerprint density at radius 2 is 1.77 bits per heavy atom. The summed E-state index contributed by atoms with van der Waals surface area (Å²) in [5.74, 6) is -1.34. The highest BCUT2D eigenvalue weighted by Gasteiger charge is 2.13. The van der Waals surface area contributed by atoms with Gasteiger partial charge in [0.2, 0.25) is 0 Å². The van der Waals surface area contributed by atoms with Gasteiger partial charge in [0.1, 0.15) is 11.6 Å². The molecule has 2 aromatic carbocycles. The lowest BCUT2D eigenvalue weighted by molar-refractivity contribution is 0.318. The molecule has 0 unspecified atom stereocenters. The molecule has 0 spiro atoms. The molecule has 31 heavy (non-hydrogen) atoms. The molecule has 0 amide bonds. The molecule has 0 aliphatic carbocycles. The van der Waals surface area contributed by atoms with E-state index in [1.54, 1.807) is 12.3 Å². The molecule has 0 bridgehead atoms. The van der Waals surface area contributed by atoms with Gasteiger partial charge < -0.3 is 4.90 Å². The zero-order valence-corrected chi connectivity index (χ0v) is 17.0. The molecule has 1 fully saturated rings. The van der Waals surface area contributed by atoms with Crippen LogP contribution in [0.2, 0.25) is 0 Å². The van der Waals surface area contributed by atoms with E-state index in [0.717, 1.165) is 43.1 Å². The average Bonchev–Trinajstić information content (AvgIpc) is 3.41. The quantitative estimate of drug-likeness (QED) is 0.485. The van der Waals surface area contributed by atoms with Gasteiger partial charge in [0, 0.05) is 41.5 Å². The molecule has 1 saturated heterocycles. The smallest absolute Gasteiger partial charge is 0.255 e. The minimum atomic E-state index is -0.695. The first-order valence-corrected chi connectivity index (χ1v) is 10.4. The van der Waals surface area contributed by atoms with E-state index in [2.05, 4.69) is 10.00 Å². The lowest BCUT2D eigenvalue weighted by Gasteiger charge is -2.14. The Labute approximate surface area is 178 Å². The molecule has 1 aliphatic heterocycles. The van der Waals surface area contributed by atoms with Crippen LogP contribution in [0.1, 0.15) is 12.8 Å². The number of rotatable bonds is 5. The molecule has 1 aliphatic rings. The maximum atomic E-state index is 14.1. The van der Waals surface area contributed by atoms with Crippen molar-refractivity contribution in [2.45, 2.75) is 19.4 Å². The van der Waals surface area contributed by atoms with E-state index in [0.29, 0.717) is 11.3 Å². The van der Waals surface area contributed by atoms with Crippen molar-refractivity contribution in [1.82, 2.24) is 19.2 Å². The maximum absolute atomic E-state index is 14.1. The lowest BCUT2D eigenvalue weighted by Crippen LogP contribution is -2.24. The highest BCUT2D eigenvalue weighted by molar-refractivity contribution is 5.81. The van der Waals surface area contributed by atoms with Gasteiger partial charge in [0.15, 0.2) is 0 Å². The lowest BCUT2D eigenvalue weighted by atomic mass is 10.1. The first-order chi connectivity index (χ1) is 15.1. The highest BCUT2D eigenvalue weighted by atomic mass is 19.1. The number of nitrogens with zero attached hydrogens (tertiary/aromatic N) is 4. The summed E-state index contributed by atoms with van der Waals surface area (Å²) in [6.45, 7) is 4.13. The molecule has 158 valence electrons. The summed E-state index contributed by atoms with van der Waals surface area (Å²) in [6.07, 6.45) is 5.96. The molecule has 5 rings (SSSR count). The van der Waals surface area contributed by atoms with Crippen molar-refractivity contribution < 1.29 is 8.78 Å². The molecule has 0 atom stereocenters. The van der Waals surface area contributed by atoms with Crippen LogP contribution < -0.4 is 5.56 Å². The monoisotopic (exact) mass is 420 g/mol. The number of pyridine rings is 1. The summed E-state index contributed by atoms with van der Waals surface area (Å²) < 4.78 is 30.7. The van der Waals surface area contributed by atoms with E-state index in [4.69, 9.17) is 0 Å². The summed E-state index contributed by atoms with van der Waals surface area (Å²) >= 11 is 0. The van der Waals surface area contributed by atoms with E-state index in [9.17, 15) is 13.6 Å². The number of fused-ring (bicyclic) bond motifs is 1. The standard InChI is InChI=1S/C24H22F2N4O/c25-19-3-5-21(22(26)15-19)17-7-10-29(24(31)14-17)20-4-6-23-18(13-20)16-27-30(23)12-11-28-8-1-2-9-28/h3-7,10,13-16H,1-2,8-9,11-12H2. The fourth-order valence-electron chi connectivity index (χ4n) is 4.23. The molecule has 3 heterocycles. The van der Waals surface area contributed by atoms with Crippen molar-refractivity contribution in [2.24, 2.45) is 0 Å². The number of likely N-dealkylation sites (tertiary alicyclic amines) is 1. The van der Waals surface area contributed by atoms with E-state index in [-0.39, 0.29) is 11.1 Å². The Hall–Kier alpha value is -3.32. The van der Waals surface area contributed by atoms with Crippen LogP contribution in [0, 0.1) is 11.6 Å². The van der Waals surface area contributed by atoms with Gasteiger partial charge in [0.25, 0.3) is 5.56 Å². The molecule has 0 radical (unpaired) electrons. The molecule has 0 saturated carbocycles. The van der Waals surface area contributed by atoms with E-state index in [1.165, 1.54) is 35.6 Å². The summed E-state index contributed by atoms with van der Waals surface area (Å²) in [7, 11) is 0. The number of hydrogen-bond acceptors (Lipinski definition) is 3. The third-order valence-electron chi connectivity index (χ3n) is 5.89. The van der Waals surface area contributed by atoms with Crippen LogP contribution in [-0.4, -0.2) is 38.9 Å². The predicted octanol–water partition coefficient (Wildman–Crippen LogP) is 4.23. The molecular weight excluding hydrogens is 398 g/mol. The summed E-state index contributed by atoms with van der Waals surface area (Å²) in [4.78, 5) is 15.2. The van der Waals surface area contributed by atoms with Crippen LogP contribution in [0.25, 0.3) is 27.7 Å². The Bertz CT molecular complexity index is 1300. The van der Waals surface area contributed by atoms with Crippen molar-refractivity contribution in [3.63, 3.8) is 0 Å². The molecular formula is C24H22F2N4O. The average molecular weight is 420 g/mol. The van der Waals surface area contributed by atoms with E-state index >= 15 is 0 Å². The second kappa shape index (κ2) is 8.07. The van der Waals surface area contributed by atoms with Gasteiger partial charge in [-0.3, -0.25) is 14.0 Å². The largest absolute Gasteiger partial charge is 0.301 e. The topological polar surface area (TPSA) is 43.1 Å². The highest BCUT2D eigenvalue weighted by Crippen LogP contribution is 2.23. The van der Waals surface area contributed by atoms with Crippen molar-refractivity contribution in [3.8, 4) is 16.8 Å². The second-order valence-electron chi connectivity index (χ2n) is 7.91. The number of benzene rings is 2. The van der Waals surface area contributed by atoms with Crippen LogP contribution in [0.3, 0.4) is 0 Å². The first kappa shape index (κ1) is 19.6. The first-order valence-electron chi connectivity index (χ1n) is 10.4. The van der Waals surface area contributed by atoms with Crippen LogP contribution in [0.4, 0.5) is 8.78 Å². The Morgan fingerprint density at radius 3 is 2.55 bits per heavy atom. The fourth-order valence-corrected chi connectivity index (χ4v) is 4.23. The Kier molecular flexibility index (Phi) is 5.11. The van der Waals surface area contributed by atoms with Crippen molar-refractivity contribution in [3.05, 3.63) is 82.9 Å². The SMILES string of the molecule is O=c1cc(-c2ccc(F)cc2F)ccn1-c1ccc2c(cnn2CCN2CCCC2)c1. The van der Waals surface area contributed by atoms with Crippen molar-refractivity contribution in [1.29, 1.82) is 0 Å². The summed E-state index contributed by atoms with van der Waals surface area (Å²) in [5.41, 5.74) is 2.06. The van der Waals surface area contributed by atoms with Gasteiger partial charge in [-0.05, 0) is 67.9 Å². The molecule has 0 N–H and O–H groups in total. The van der Waals surface area contributed by atoms with Gasteiger partial charge in [0.05, 0.1) is 18.3 Å². The third-order valence-corrected chi connectivity index (χ3v) is 5.89. The normalized spacial score (nSPS) is 14.5. The van der Waals surface area contributed by atoms with Gasteiger partial charge in [-0.1, -0.05) is 0 Å². The van der Waals surface area contributed by atoms with Crippen LogP contribution in [0.5, 0.6) is 0 Å². The van der Waals surface area contributed by atoms with Gasteiger partial charge in [-0.15, -0.1) is 0 Å².